The van der Waals surface area contributed by atoms with Crippen molar-refractivity contribution in [2.75, 3.05) is 11.5 Å². The third-order valence-corrected chi connectivity index (χ3v) is 6.83. The van der Waals surface area contributed by atoms with Crippen LogP contribution in [0.4, 0.5) is 5.69 Å². The summed E-state index contributed by atoms with van der Waals surface area (Å²) < 4.78 is 5.81. The van der Waals surface area contributed by atoms with Crippen LogP contribution in [-0.2, 0) is 15.0 Å². The first-order chi connectivity index (χ1) is 17.9. The fourth-order valence-corrected chi connectivity index (χ4v) is 4.83. The van der Waals surface area contributed by atoms with Gasteiger partial charge in [0.25, 0.3) is 11.7 Å². The maximum Gasteiger partial charge on any atom is 0.300 e. The zero-order valence-corrected chi connectivity index (χ0v) is 22.8. The van der Waals surface area contributed by atoms with Gasteiger partial charge < -0.3 is 14.9 Å². The number of aliphatic hydroxyl groups excluding tert-OH is 1. The smallest absolute Gasteiger partial charge is 0.300 e. The van der Waals surface area contributed by atoms with E-state index in [-0.39, 0.29) is 22.5 Å². The Morgan fingerprint density at radius 3 is 2.26 bits per heavy atom. The Hall–Kier alpha value is -4.06. The van der Waals surface area contributed by atoms with Crippen molar-refractivity contribution in [2.24, 2.45) is 0 Å². The number of phenols is 1. The Kier molecular flexibility index (Phi) is 7.36. The molecule has 198 valence electrons. The number of aliphatic hydroxyl groups is 1. The Labute approximate surface area is 224 Å². The summed E-state index contributed by atoms with van der Waals surface area (Å²) in [6, 6.07) is 18.3. The summed E-state index contributed by atoms with van der Waals surface area (Å²) in [5, 5.41) is 21.8. The van der Waals surface area contributed by atoms with Crippen LogP contribution in [0.2, 0.25) is 0 Å². The number of ketones is 1. The van der Waals surface area contributed by atoms with E-state index in [4.69, 9.17) is 4.74 Å². The number of carbonyl (C=O) groups is 2. The number of hydrogen-bond donors (Lipinski definition) is 2. The van der Waals surface area contributed by atoms with Crippen molar-refractivity contribution in [3.05, 3.63) is 94.6 Å². The average molecular weight is 514 g/mol. The summed E-state index contributed by atoms with van der Waals surface area (Å²) in [6.07, 6.45) is 0. The van der Waals surface area contributed by atoms with Crippen LogP contribution in [0.1, 0.15) is 75.8 Å². The van der Waals surface area contributed by atoms with Crippen molar-refractivity contribution in [1.29, 1.82) is 0 Å². The second-order valence-electron chi connectivity index (χ2n) is 10.9. The van der Waals surface area contributed by atoms with Gasteiger partial charge in [0.2, 0.25) is 0 Å². The summed E-state index contributed by atoms with van der Waals surface area (Å²) in [5.41, 5.74) is 3.11. The van der Waals surface area contributed by atoms with Crippen LogP contribution in [0, 0.1) is 0 Å². The van der Waals surface area contributed by atoms with E-state index in [2.05, 4.69) is 13.8 Å². The molecule has 0 spiro atoms. The standard InChI is InChI=1S/C32H35NO5/c1-7-38-26-16-13-22(18-25(26)32(4,5)6)29(35)27-28(21-9-8-10-24(34)17-21)33(31(37)30(27)36)23-14-11-20(12-15-23)19(2)3/h8-19,28,34-35H,7H2,1-6H3/b29-27-. The van der Waals surface area contributed by atoms with E-state index in [0.29, 0.717) is 35.1 Å². The molecule has 6 nitrogen and oxygen atoms in total. The van der Waals surface area contributed by atoms with Crippen LogP contribution in [0.5, 0.6) is 11.5 Å². The Bertz CT molecular complexity index is 1400. The van der Waals surface area contributed by atoms with E-state index in [9.17, 15) is 19.8 Å². The van der Waals surface area contributed by atoms with Crippen LogP contribution in [0.3, 0.4) is 0 Å². The summed E-state index contributed by atoms with van der Waals surface area (Å²) >= 11 is 0. The monoisotopic (exact) mass is 513 g/mol. The molecule has 1 saturated heterocycles. The number of rotatable bonds is 6. The van der Waals surface area contributed by atoms with Crippen LogP contribution >= 0.6 is 0 Å². The molecule has 0 bridgehead atoms. The van der Waals surface area contributed by atoms with Crippen LogP contribution in [0.15, 0.2) is 72.3 Å². The third-order valence-electron chi connectivity index (χ3n) is 6.83. The van der Waals surface area contributed by atoms with E-state index < -0.39 is 17.7 Å². The highest BCUT2D eigenvalue weighted by molar-refractivity contribution is 6.51. The second kappa shape index (κ2) is 10.4. The van der Waals surface area contributed by atoms with Crippen LogP contribution in [-0.4, -0.2) is 28.5 Å². The quantitative estimate of drug-likeness (QED) is 0.214. The van der Waals surface area contributed by atoms with Crippen molar-refractivity contribution in [3.63, 3.8) is 0 Å². The molecule has 2 N–H and O–H groups in total. The number of amides is 1. The Balaban J connectivity index is 1.93. The lowest BCUT2D eigenvalue weighted by Gasteiger charge is -2.26. The lowest BCUT2D eigenvalue weighted by atomic mass is 9.84. The zero-order chi connectivity index (χ0) is 27.8. The molecule has 4 rings (SSSR count). The Morgan fingerprint density at radius 2 is 1.68 bits per heavy atom. The van der Waals surface area contributed by atoms with Gasteiger partial charge in [-0.05, 0) is 71.8 Å². The molecule has 3 aromatic carbocycles. The molecule has 1 aliphatic heterocycles. The van der Waals surface area contributed by atoms with Gasteiger partial charge in [0, 0.05) is 16.8 Å². The zero-order valence-electron chi connectivity index (χ0n) is 22.8. The number of nitrogens with zero attached hydrogens (tertiary/aromatic N) is 1. The topological polar surface area (TPSA) is 87.1 Å². The summed E-state index contributed by atoms with van der Waals surface area (Å²) in [5.74, 6) is -0.787. The number of Topliss-reactive ketones (excluding diaryl/α,β-unsaturated/α-hetero) is 1. The first-order valence-electron chi connectivity index (χ1n) is 12.9. The van der Waals surface area contributed by atoms with Crippen LogP contribution < -0.4 is 9.64 Å². The molecule has 0 aliphatic carbocycles. The molecule has 0 radical (unpaired) electrons. The van der Waals surface area contributed by atoms with E-state index in [0.717, 1.165) is 11.1 Å². The predicted molar refractivity (Wildman–Crippen MR) is 150 cm³/mol. The number of ether oxygens (including phenoxy) is 1. The fourth-order valence-electron chi connectivity index (χ4n) is 4.83. The predicted octanol–water partition coefficient (Wildman–Crippen LogP) is 6.84. The molecule has 6 heteroatoms. The molecule has 1 atom stereocenters. The highest BCUT2D eigenvalue weighted by Gasteiger charge is 2.47. The number of aromatic hydroxyl groups is 1. The van der Waals surface area contributed by atoms with Gasteiger partial charge >= 0.3 is 0 Å². The van der Waals surface area contributed by atoms with E-state index >= 15 is 0 Å². The van der Waals surface area contributed by atoms with Crippen molar-refractivity contribution in [2.45, 2.75) is 58.9 Å². The van der Waals surface area contributed by atoms with Gasteiger partial charge in [-0.25, -0.2) is 0 Å². The SMILES string of the molecule is CCOc1ccc(/C(O)=C2/C(=O)C(=O)N(c3ccc(C(C)C)cc3)C2c2cccc(O)c2)cc1C(C)(C)C. The number of anilines is 1. The van der Waals surface area contributed by atoms with Crippen molar-refractivity contribution >= 4 is 23.1 Å². The van der Waals surface area contributed by atoms with E-state index in [1.54, 1.807) is 24.3 Å². The molecular weight excluding hydrogens is 478 g/mol. The van der Waals surface area contributed by atoms with Crippen LogP contribution in [0.25, 0.3) is 5.76 Å². The lowest BCUT2D eigenvalue weighted by Crippen LogP contribution is -2.29. The van der Waals surface area contributed by atoms with Gasteiger partial charge in [-0.3, -0.25) is 14.5 Å². The number of phenolic OH excluding ortho intramolecular Hbond substituents is 1. The highest BCUT2D eigenvalue weighted by Crippen LogP contribution is 2.44. The fraction of sp³-hybridized carbons (Fsp3) is 0.312. The normalized spacial score (nSPS) is 17.3. The Morgan fingerprint density at radius 1 is 1.00 bits per heavy atom. The molecule has 1 fully saturated rings. The minimum atomic E-state index is -0.920. The summed E-state index contributed by atoms with van der Waals surface area (Å²) in [6.45, 7) is 12.7. The van der Waals surface area contributed by atoms with E-state index in [1.165, 1.54) is 17.0 Å². The maximum absolute atomic E-state index is 13.5. The van der Waals surface area contributed by atoms with Crippen molar-refractivity contribution in [3.8, 4) is 11.5 Å². The minimum Gasteiger partial charge on any atom is -0.508 e. The van der Waals surface area contributed by atoms with Crippen molar-refractivity contribution in [1.82, 2.24) is 0 Å². The molecule has 38 heavy (non-hydrogen) atoms. The van der Waals surface area contributed by atoms with Gasteiger partial charge in [0.05, 0.1) is 18.2 Å². The highest BCUT2D eigenvalue weighted by atomic mass is 16.5. The second-order valence-corrected chi connectivity index (χ2v) is 10.9. The molecule has 0 saturated carbocycles. The molecular formula is C32H35NO5. The lowest BCUT2D eigenvalue weighted by molar-refractivity contribution is -0.132. The largest absolute Gasteiger partial charge is 0.508 e. The molecule has 1 heterocycles. The maximum atomic E-state index is 13.5. The molecule has 1 aliphatic rings. The van der Waals surface area contributed by atoms with Gasteiger partial charge in [0.15, 0.2) is 0 Å². The summed E-state index contributed by atoms with van der Waals surface area (Å²) in [4.78, 5) is 28.4. The number of hydrogen-bond acceptors (Lipinski definition) is 5. The number of carbonyl (C=O) groups excluding carboxylic acids is 2. The average Bonchev–Trinajstić information content (AvgIpc) is 3.13. The molecule has 0 aromatic heterocycles. The molecule has 1 unspecified atom stereocenters. The van der Waals surface area contributed by atoms with Gasteiger partial charge in [-0.2, -0.15) is 0 Å². The third kappa shape index (κ3) is 5.03. The first kappa shape index (κ1) is 27.0. The van der Waals surface area contributed by atoms with Gasteiger partial charge in [-0.1, -0.05) is 58.9 Å². The molecule has 3 aromatic rings. The molecule has 1 amide bonds. The first-order valence-corrected chi connectivity index (χ1v) is 12.9. The van der Waals surface area contributed by atoms with Gasteiger partial charge in [0.1, 0.15) is 17.3 Å². The van der Waals surface area contributed by atoms with Crippen molar-refractivity contribution < 1.29 is 24.5 Å². The van der Waals surface area contributed by atoms with Gasteiger partial charge in [-0.15, -0.1) is 0 Å². The minimum absolute atomic E-state index is 0.000621. The number of benzene rings is 3. The van der Waals surface area contributed by atoms with E-state index in [1.807, 2.05) is 58.0 Å². The summed E-state index contributed by atoms with van der Waals surface area (Å²) in [7, 11) is 0.